The Bertz CT molecular complexity index is 1030. The van der Waals surface area contributed by atoms with E-state index in [0.717, 1.165) is 5.56 Å². The summed E-state index contributed by atoms with van der Waals surface area (Å²) in [6.07, 6.45) is 0.663. The van der Waals surface area contributed by atoms with Crippen molar-refractivity contribution in [1.82, 2.24) is 10.2 Å². The molecule has 0 atom stereocenters. The van der Waals surface area contributed by atoms with Crippen molar-refractivity contribution in [2.75, 3.05) is 7.11 Å². The third-order valence-corrected chi connectivity index (χ3v) is 5.22. The highest BCUT2D eigenvalue weighted by molar-refractivity contribution is 6.30. The zero-order valence-electron chi connectivity index (χ0n) is 17.9. The summed E-state index contributed by atoms with van der Waals surface area (Å²) in [6, 6.07) is 6.85. The molecule has 0 saturated heterocycles. The number of carbonyl (C=O) groups excluding carboxylic acids is 1. The lowest BCUT2D eigenvalue weighted by Gasteiger charge is -2.40. The Morgan fingerprint density at radius 1 is 1.13 bits per heavy atom. The summed E-state index contributed by atoms with van der Waals surface area (Å²) >= 11 is 5.91. The summed E-state index contributed by atoms with van der Waals surface area (Å²) < 4.78 is 16.8. The van der Waals surface area contributed by atoms with Crippen LogP contribution >= 0.6 is 11.6 Å². The van der Waals surface area contributed by atoms with Crippen LogP contribution in [-0.4, -0.2) is 39.4 Å². The first-order valence-electron chi connectivity index (χ1n) is 9.57. The molecule has 1 aliphatic rings. The molecule has 3 rings (SSSR count). The minimum Gasteiger partial charge on any atom is -0.508 e. The van der Waals surface area contributed by atoms with Gasteiger partial charge in [-0.3, -0.25) is 4.79 Å². The lowest BCUT2D eigenvalue weighted by Crippen LogP contribution is -2.49. The second kappa shape index (κ2) is 7.89. The molecule has 0 amide bonds. The predicted octanol–water partition coefficient (Wildman–Crippen LogP) is 4.92. The lowest BCUT2D eigenvalue weighted by molar-refractivity contribution is -0.158. The number of hydrogen-bond donors (Lipinski definition) is 1. The predicted molar refractivity (Wildman–Crippen MR) is 113 cm³/mol. The summed E-state index contributed by atoms with van der Waals surface area (Å²) in [5.74, 6) is 0.543. The molecule has 1 aliphatic heterocycles. The van der Waals surface area contributed by atoms with Gasteiger partial charge in [-0.15, -0.1) is 10.2 Å². The molecule has 0 aliphatic carbocycles. The monoisotopic (exact) mass is 432 g/mol. The van der Waals surface area contributed by atoms with Gasteiger partial charge in [-0.1, -0.05) is 24.6 Å². The Morgan fingerprint density at radius 2 is 1.83 bits per heavy atom. The molecule has 0 spiro atoms. The minimum absolute atomic E-state index is 0.105. The molecule has 1 aromatic carbocycles. The Hall–Kier alpha value is -2.64. The highest BCUT2D eigenvalue weighted by Gasteiger charge is 2.47. The number of halogens is 1. The molecule has 0 radical (unpaired) electrons. The molecule has 30 heavy (non-hydrogen) atoms. The minimum atomic E-state index is -1.08. The number of aryl methyl sites for hydroxylation is 1. The summed E-state index contributed by atoms with van der Waals surface area (Å²) in [5.41, 5.74) is -0.370. The second-order valence-corrected chi connectivity index (χ2v) is 8.35. The van der Waals surface area contributed by atoms with Gasteiger partial charge in [0.05, 0.1) is 12.7 Å². The number of rotatable bonds is 5. The van der Waals surface area contributed by atoms with Crippen LogP contribution in [0.1, 0.15) is 45.7 Å². The van der Waals surface area contributed by atoms with E-state index in [9.17, 15) is 9.90 Å². The lowest BCUT2D eigenvalue weighted by atomic mass is 9.81. The van der Waals surface area contributed by atoms with Crippen LogP contribution in [0.5, 0.6) is 17.4 Å². The summed E-state index contributed by atoms with van der Waals surface area (Å²) in [5, 5.41) is 18.7. The van der Waals surface area contributed by atoms with Crippen molar-refractivity contribution >= 4 is 23.0 Å². The fourth-order valence-electron chi connectivity index (χ4n) is 3.51. The molecular formula is C22H25ClN2O5. The van der Waals surface area contributed by atoms with Crippen molar-refractivity contribution in [3.05, 3.63) is 46.3 Å². The molecule has 8 heteroatoms. The largest absolute Gasteiger partial charge is 0.508 e. The standard InChI is InChI=1S/C22H25ClN2O5/c1-7-12-8-9-13(29-16-11-15(28-6)20(23)25-24-16)10-14(12)17-18(26)21(2,3)30-22(4,5)19(17)27/h8-11,26H,7H2,1-6H3. The number of aliphatic hydroxyl groups excluding tert-OH is 1. The number of methoxy groups -OCH3 is 1. The number of benzene rings is 1. The number of ether oxygens (including phenoxy) is 3. The van der Waals surface area contributed by atoms with Crippen LogP contribution in [0.25, 0.3) is 5.57 Å². The smallest absolute Gasteiger partial charge is 0.242 e. The number of aliphatic hydroxyl groups is 1. The van der Waals surface area contributed by atoms with Gasteiger partial charge in [-0.2, -0.15) is 0 Å². The van der Waals surface area contributed by atoms with E-state index in [1.54, 1.807) is 39.8 Å². The Balaban J connectivity index is 2.10. The summed E-state index contributed by atoms with van der Waals surface area (Å²) in [4.78, 5) is 13.2. The van der Waals surface area contributed by atoms with E-state index in [-0.39, 0.29) is 28.1 Å². The van der Waals surface area contributed by atoms with Crippen LogP contribution in [0.3, 0.4) is 0 Å². The number of hydrogen-bond acceptors (Lipinski definition) is 7. The highest BCUT2D eigenvalue weighted by atomic mass is 35.5. The fourth-order valence-corrected chi connectivity index (χ4v) is 3.68. The van der Waals surface area contributed by atoms with Crippen LogP contribution < -0.4 is 9.47 Å². The highest BCUT2D eigenvalue weighted by Crippen LogP contribution is 2.42. The molecule has 1 N–H and O–H groups in total. The summed E-state index contributed by atoms with van der Waals surface area (Å²) in [6.45, 7) is 8.85. The SMILES string of the molecule is CCc1ccc(Oc2cc(OC)c(Cl)nn2)cc1C1=C(O)C(C)(C)OC(C)(C)C1=O. The average Bonchev–Trinajstić information content (AvgIpc) is 2.68. The van der Waals surface area contributed by atoms with Crippen LogP contribution in [-0.2, 0) is 16.0 Å². The molecule has 1 aromatic heterocycles. The molecule has 2 aromatic rings. The maximum Gasteiger partial charge on any atom is 0.242 e. The van der Waals surface area contributed by atoms with Crippen molar-refractivity contribution < 1.29 is 24.1 Å². The van der Waals surface area contributed by atoms with Crippen molar-refractivity contribution in [2.24, 2.45) is 0 Å². The first-order chi connectivity index (χ1) is 14.0. The Labute approximate surface area is 180 Å². The third-order valence-electron chi connectivity index (χ3n) is 4.96. The first kappa shape index (κ1) is 22.1. The molecule has 2 heterocycles. The van der Waals surface area contributed by atoms with Gasteiger partial charge in [0.15, 0.2) is 16.7 Å². The van der Waals surface area contributed by atoms with Crippen LogP contribution in [0.15, 0.2) is 30.0 Å². The van der Waals surface area contributed by atoms with Gasteiger partial charge in [-0.05, 0) is 57.4 Å². The number of nitrogens with zero attached hydrogens (tertiary/aromatic N) is 2. The van der Waals surface area contributed by atoms with Crippen LogP contribution in [0, 0.1) is 0 Å². The number of aromatic nitrogens is 2. The number of ketones is 1. The fraction of sp³-hybridized carbons (Fsp3) is 0.409. The van der Waals surface area contributed by atoms with Crippen molar-refractivity contribution in [3.8, 4) is 17.4 Å². The normalized spacial score (nSPS) is 17.8. The van der Waals surface area contributed by atoms with E-state index in [4.69, 9.17) is 25.8 Å². The number of carbonyl (C=O) groups is 1. The molecule has 0 fully saturated rings. The zero-order chi connectivity index (χ0) is 22.3. The van der Waals surface area contributed by atoms with E-state index < -0.39 is 11.2 Å². The topological polar surface area (TPSA) is 90.8 Å². The van der Waals surface area contributed by atoms with Gasteiger partial charge < -0.3 is 19.3 Å². The van der Waals surface area contributed by atoms with Crippen LogP contribution in [0.2, 0.25) is 5.15 Å². The quantitative estimate of drug-likeness (QED) is 0.716. The van der Waals surface area contributed by atoms with Crippen LogP contribution in [0.4, 0.5) is 0 Å². The van der Waals surface area contributed by atoms with Gasteiger partial charge in [-0.25, -0.2) is 0 Å². The van der Waals surface area contributed by atoms with Gasteiger partial charge in [0, 0.05) is 6.07 Å². The third kappa shape index (κ3) is 4.00. The van der Waals surface area contributed by atoms with Gasteiger partial charge in [0.1, 0.15) is 22.7 Å². The zero-order valence-corrected chi connectivity index (χ0v) is 18.6. The van der Waals surface area contributed by atoms with E-state index in [0.29, 0.717) is 23.5 Å². The van der Waals surface area contributed by atoms with Gasteiger partial charge in [0.2, 0.25) is 5.88 Å². The maximum atomic E-state index is 13.2. The molecule has 0 unspecified atom stereocenters. The van der Waals surface area contributed by atoms with E-state index in [1.807, 2.05) is 13.0 Å². The molecule has 0 bridgehead atoms. The van der Waals surface area contributed by atoms with E-state index >= 15 is 0 Å². The van der Waals surface area contributed by atoms with Crippen molar-refractivity contribution in [2.45, 2.75) is 52.2 Å². The first-order valence-corrected chi connectivity index (χ1v) is 9.95. The Kier molecular flexibility index (Phi) is 5.80. The molecule has 0 saturated carbocycles. The van der Waals surface area contributed by atoms with Crippen molar-refractivity contribution in [3.63, 3.8) is 0 Å². The Morgan fingerprint density at radius 3 is 2.47 bits per heavy atom. The number of Topliss-reactive ketones (excluding diaryl/α,β-unsaturated/α-hetero) is 1. The van der Waals surface area contributed by atoms with E-state index in [1.165, 1.54) is 13.2 Å². The van der Waals surface area contributed by atoms with E-state index in [2.05, 4.69) is 10.2 Å². The second-order valence-electron chi connectivity index (χ2n) is 7.99. The maximum absolute atomic E-state index is 13.2. The average molecular weight is 433 g/mol. The molecular weight excluding hydrogens is 408 g/mol. The van der Waals surface area contributed by atoms with Gasteiger partial charge >= 0.3 is 0 Å². The molecule has 7 nitrogen and oxygen atoms in total. The molecule has 160 valence electrons. The summed E-state index contributed by atoms with van der Waals surface area (Å²) in [7, 11) is 1.47. The van der Waals surface area contributed by atoms with Crippen molar-refractivity contribution in [1.29, 1.82) is 0 Å². The van der Waals surface area contributed by atoms with Gasteiger partial charge in [0.25, 0.3) is 0 Å².